The van der Waals surface area contributed by atoms with Gasteiger partial charge in [0.05, 0.1) is 12.6 Å². The number of hydrogen-bond donors (Lipinski definition) is 1. The predicted octanol–water partition coefficient (Wildman–Crippen LogP) is 2.48. The molecule has 1 N–H and O–H groups in total. The largest absolute Gasteiger partial charge is 0.394 e. The average molecular weight is 274 g/mol. The lowest BCUT2D eigenvalue weighted by atomic mass is 10.2. The molecule has 0 saturated carbocycles. The summed E-state index contributed by atoms with van der Waals surface area (Å²) in [5.41, 5.74) is 0.885. The second kappa shape index (κ2) is 5.25. The van der Waals surface area contributed by atoms with Crippen LogP contribution in [0, 0.1) is 0 Å². The average Bonchev–Trinajstić information content (AvgIpc) is 2.59. The van der Waals surface area contributed by atoms with E-state index >= 15 is 0 Å². The zero-order chi connectivity index (χ0) is 12.4. The van der Waals surface area contributed by atoms with Crippen molar-refractivity contribution in [2.45, 2.75) is 25.4 Å². The molecule has 0 unspecified atom stereocenters. The van der Waals surface area contributed by atoms with Gasteiger partial charge in [-0.1, -0.05) is 23.2 Å². The Morgan fingerprint density at radius 2 is 1.94 bits per heavy atom. The second-order valence-corrected chi connectivity index (χ2v) is 5.05. The Kier molecular flexibility index (Phi) is 3.92. The molecular weight excluding hydrogens is 261 g/mol. The molecule has 1 fully saturated rings. The van der Waals surface area contributed by atoms with Crippen LogP contribution in [0.1, 0.15) is 18.4 Å². The molecule has 17 heavy (non-hydrogen) atoms. The third-order valence-corrected chi connectivity index (χ3v) is 3.37. The van der Waals surface area contributed by atoms with Crippen LogP contribution in [0.4, 0.5) is 0 Å². The summed E-state index contributed by atoms with van der Waals surface area (Å²) >= 11 is 11.8. The Morgan fingerprint density at radius 3 is 2.53 bits per heavy atom. The van der Waals surface area contributed by atoms with E-state index in [4.69, 9.17) is 23.2 Å². The molecule has 3 nitrogen and oxygen atoms in total. The first kappa shape index (κ1) is 12.7. The van der Waals surface area contributed by atoms with Crippen LogP contribution in [0.3, 0.4) is 0 Å². The van der Waals surface area contributed by atoms with Crippen molar-refractivity contribution in [2.75, 3.05) is 6.61 Å². The van der Waals surface area contributed by atoms with Crippen molar-refractivity contribution >= 4 is 29.1 Å². The first-order valence-corrected chi connectivity index (χ1v) is 6.21. The van der Waals surface area contributed by atoms with E-state index < -0.39 is 0 Å². The summed E-state index contributed by atoms with van der Waals surface area (Å²) in [6, 6.07) is 5.14. The Labute approximate surface area is 110 Å². The Morgan fingerprint density at radius 1 is 1.29 bits per heavy atom. The summed E-state index contributed by atoms with van der Waals surface area (Å²) in [4.78, 5) is 13.3. The number of likely N-dealkylation sites (tertiary alicyclic amines) is 1. The minimum absolute atomic E-state index is 0.0000376. The SMILES string of the molecule is O=C1CC[C@H](CO)N1Cc1cc(Cl)cc(Cl)c1. The number of rotatable bonds is 3. The number of carbonyl (C=O) groups is 1. The highest BCUT2D eigenvalue weighted by molar-refractivity contribution is 6.34. The molecule has 92 valence electrons. The fraction of sp³-hybridized carbons (Fsp3) is 0.417. The van der Waals surface area contributed by atoms with Gasteiger partial charge in [-0.15, -0.1) is 0 Å². The molecule has 0 spiro atoms. The fourth-order valence-electron chi connectivity index (χ4n) is 2.10. The third kappa shape index (κ3) is 2.92. The molecule has 1 saturated heterocycles. The van der Waals surface area contributed by atoms with Gasteiger partial charge >= 0.3 is 0 Å². The maximum Gasteiger partial charge on any atom is 0.223 e. The normalized spacial score (nSPS) is 20.1. The molecule has 0 radical (unpaired) electrons. The van der Waals surface area contributed by atoms with Crippen molar-refractivity contribution in [1.82, 2.24) is 4.90 Å². The van der Waals surface area contributed by atoms with Crippen molar-refractivity contribution in [3.8, 4) is 0 Å². The van der Waals surface area contributed by atoms with E-state index in [2.05, 4.69) is 0 Å². The molecule has 1 aliphatic rings. The number of benzene rings is 1. The highest BCUT2D eigenvalue weighted by atomic mass is 35.5. The number of aliphatic hydroxyl groups is 1. The number of halogens is 2. The zero-order valence-corrected chi connectivity index (χ0v) is 10.7. The minimum Gasteiger partial charge on any atom is -0.394 e. The van der Waals surface area contributed by atoms with Gasteiger partial charge in [-0.2, -0.15) is 0 Å². The number of carbonyl (C=O) groups excluding carboxylic acids is 1. The van der Waals surface area contributed by atoms with Gasteiger partial charge in [0.25, 0.3) is 0 Å². The molecule has 1 atom stereocenters. The Balaban J connectivity index is 2.16. The topological polar surface area (TPSA) is 40.5 Å². The summed E-state index contributed by atoms with van der Waals surface area (Å²) in [6.45, 7) is 0.449. The van der Waals surface area contributed by atoms with Crippen LogP contribution in [-0.4, -0.2) is 28.6 Å². The van der Waals surface area contributed by atoms with E-state index in [-0.39, 0.29) is 18.6 Å². The number of aliphatic hydroxyl groups excluding tert-OH is 1. The second-order valence-electron chi connectivity index (χ2n) is 4.17. The van der Waals surface area contributed by atoms with Gasteiger partial charge in [-0.25, -0.2) is 0 Å². The van der Waals surface area contributed by atoms with Gasteiger partial charge in [-0.05, 0) is 30.2 Å². The van der Waals surface area contributed by atoms with E-state index in [1.54, 1.807) is 23.1 Å². The number of hydrogen-bond acceptors (Lipinski definition) is 2. The predicted molar refractivity (Wildman–Crippen MR) is 67.1 cm³/mol. The van der Waals surface area contributed by atoms with Crippen LogP contribution >= 0.6 is 23.2 Å². The van der Waals surface area contributed by atoms with Crippen LogP contribution < -0.4 is 0 Å². The summed E-state index contributed by atoms with van der Waals surface area (Å²) in [5.74, 6) is 0.0696. The van der Waals surface area contributed by atoms with E-state index in [1.807, 2.05) is 0 Å². The van der Waals surface area contributed by atoms with Gasteiger partial charge in [0.15, 0.2) is 0 Å². The molecule has 1 aromatic carbocycles. The van der Waals surface area contributed by atoms with Gasteiger partial charge < -0.3 is 10.0 Å². The highest BCUT2D eigenvalue weighted by Crippen LogP contribution is 2.24. The Bertz CT molecular complexity index is 416. The van der Waals surface area contributed by atoms with Crippen LogP contribution in [0.2, 0.25) is 10.0 Å². The molecule has 0 bridgehead atoms. The van der Waals surface area contributed by atoms with E-state index in [0.29, 0.717) is 29.4 Å². The van der Waals surface area contributed by atoms with Gasteiger partial charge in [0.2, 0.25) is 5.91 Å². The minimum atomic E-state index is -0.0831. The number of amides is 1. The zero-order valence-electron chi connectivity index (χ0n) is 9.20. The van der Waals surface area contributed by atoms with E-state index in [0.717, 1.165) is 5.56 Å². The monoisotopic (exact) mass is 273 g/mol. The first-order chi connectivity index (χ1) is 8.10. The molecular formula is C12H13Cl2NO2. The standard InChI is InChI=1S/C12H13Cl2NO2/c13-9-3-8(4-10(14)5-9)6-15-11(7-16)1-2-12(15)17/h3-5,11,16H,1-2,6-7H2/t11-/m1/s1. The summed E-state index contributed by atoms with van der Waals surface area (Å²) in [6.07, 6.45) is 1.21. The molecule has 2 rings (SSSR count). The molecule has 1 aromatic rings. The maximum absolute atomic E-state index is 11.7. The molecule has 5 heteroatoms. The fourth-order valence-corrected chi connectivity index (χ4v) is 2.67. The third-order valence-electron chi connectivity index (χ3n) is 2.94. The first-order valence-electron chi connectivity index (χ1n) is 5.45. The lowest BCUT2D eigenvalue weighted by molar-refractivity contribution is -0.130. The molecule has 1 aliphatic heterocycles. The molecule has 0 aromatic heterocycles. The molecule has 0 aliphatic carbocycles. The quantitative estimate of drug-likeness (QED) is 0.919. The van der Waals surface area contributed by atoms with E-state index in [1.165, 1.54) is 0 Å². The highest BCUT2D eigenvalue weighted by Gasteiger charge is 2.30. The van der Waals surface area contributed by atoms with Crippen LogP contribution in [0.15, 0.2) is 18.2 Å². The Hall–Kier alpha value is -0.770. The lowest BCUT2D eigenvalue weighted by Crippen LogP contribution is -2.34. The lowest BCUT2D eigenvalue weighted by Gasteiger charge is -2.23. The summed E-state index contributed by atoms with van der Waals surface area (Å²) < 4.78 is 0. The number of nitrogens with zero attached hydrogens (tertiary/aromatic N) is 1. The van der Waals surface area contributed by atoms with Gasteiger partial charge in [0, 0.05) is 23.0 Å². The van der Waals surface area contributed by atoms with Crippen LogP contribution in [0.25, 0.3) is 0 Å². The van der Waals surface area contributed by atoms with Crippen LogP contribution in [0.5, 0.6) is 0 Å². The van der Waals surface area contributed by atoms with Crippen molar-refractivity contribution in [1.29, 1.82) is 0 Å². The molecule has 1 heterocycles. The summed E-state index contributed by atoms with van der Waals surface area (Å²) in [5, 5.41) is 10.3. The molecule has 1 amide bonds. The summed E-state index contributed by atoms with van der Waals surface area (Å²) in [7, 11) is 0. The van der Waals surface area contributed by atoms with Crippen LogP contribution in [-0.2, 0) is 11.3 Å². The van der Waals surface area contributed by atoms with E-state index in [9.17, 15) is 9.90 Å². The van der Waals surface area contributed by atoms with Crippen molar-refractivity contribution < 1.29 is 9.90 Å². The van der Waals surface area contributed by atoms with Gasteiger partial charge in [0.1, 0.15) is 0 Å². The smallest absolute Gasteiger partial charge is 0.223 e. The van der Waals surface area contributed by atoms with Crippen molar-refractivity contribution in [2.24, 2.45) is 0 Å². The van der Waals surface area contributed by atoms with Crippen molar-refractivity contribution in [3.63, 3.8) is 0 Å². The van der Waals surface area contributed by atoms with Crippen molar-refractivity contribution in [3.05, 3.63) is 33.8 Å². The maximum atomic E-state index is 11.7. The van der Waals surface area contributed by atoms with Gasteiger partial charge in [-0.3, -0.25) is 4.79 Å².